The minimum atomic E-state index is -0.253. The van der Waals surface area contributed by atoms with Gasteiger partial charge in [-0.25, -0.2) is 0 Å². The lowest BCUT2D eigenvalue weighted by atomic mass is 10.1. The van der Waals surface area contributed by atoms with Gasteiger partial charge in [-0.15, -0.1) is 0 Å². The fourth-order valence-electron chi connectivity index (χ4n) is 1.48. The van der Waals surface area contributed by atoms with E-state index in [4.69, 9.17) is 15.0 Å². The molecule has 0 atom stereocenters. The SMILES string of the molecule is COc1ccc(OC)c(C(=O)NCCCN=[N+]=[N-])c1. The predicted octanol–water partition coefficient (Wildman–Crippen LogP) is 2.13. The number of hydrogen-bond donors (Lipinski definition) is 1. The molecule has 0 fully saturated rings. The van der Waals surface area contributed by atoms with Crippen LogP contribution in [0.15, 0.2) is 23.3 Å². The van der Waals surface area contributed by atoms with Gasteiger partial charge >= 0.3 is 0 Å². The molecule has 0 heterocycles. The van der Waals surface area contributed by atoms with Gasteiger partial charge in [-0.2, -0.15) is 0 Å². The zero-order chi connectivity index (χ0) is 14.1. The largest absolute Gasteiger partial charge is 0.497 e. The third-order valence-corrected chi connectivity index (χ3v) is 2.43. The molecule has 19 heavy (non-hydrogen) atoms. The van der Waals surface area contributed by atoms with Crippen molar-refractivity contribution in [1.82, 2.24) is 5.32 Å². The predicted molar refractivity (Wildman–Crippen MR) is 70.5 cm³/mol. The number of hydrogen-bond acceptors (Lipinski definition) is 4. The number of benzene rings is 1. The molecule has 0 aliphatic carbocycles. The quantitative estimate of drug-likeness (QED) is 0.353. The zero-order valence-corrected chi connectivity index (χ0v) is 10.9. The molecule has 102 valence electrons. The Morgan fingerprint density at radius 2 is 2.21 bits per heavy atom. The van der Waals surface area contributed by atoms with Crippen LogP contribution in [0, 0.1) is 0 Å². The first-order valence-electron chi connectivity index (χ1n) is 5.74. The molecule has 7 nitrogen and oxygen atoms in total. The van der Waals surface area contributed by atoms with Gasteiger partial charge in [-0.3, -0.25) is 4.79 Å². The highest BCUT2D eigenvalue weighted by molar-refractivity contribution is 5.97. The van der Waals surface area contributed by atoms with E-state index < -0.39 is 0 Å². The van der Waals surface area contributed by atoms with E-state index in [0.717, 1.165) is 0 Å². The van der Waals surface area contributed by atoms with E-state index in [2.05, 4.69) is 15.3 Å². The zero-order valence-electron chi connectivity index (χ0n) is 10.9. The second-order valence-electron chi connectivity index (χ2n) is 3.63. The van der Waals surface area contributed by atoms with Gasteiger partial charge in [-0.05, 0) is 30.2 Å². The second-order valence-corrected chi connectivity index (χ2v) is 3.63. The number of carbonyl (C=O) groups excluding carboxylic acids is 1. The summed E-state index contributed by atoms with van der Waals surface area (Å²) in [5.41, 5.74) is 8.53. The van der Waals surface area contributed by atoms with Crippen LogP contribution in [0.5, 0.6) is 11.5 Å². The van der Waals surface area contributed by atoms with E-state index in [0.29, 0.717) is 36.6 Å². The minimum absolute atomic E-state index is 0.253. The first-order chi connectivity index (χ1) is 9.22. The summed E-state index contributed by atoms with van der Waals surface area (Å²) >= 11 is 0. The molecule has 0 aliphatic heterocycles. The molecule has 0 unspecified atom stereocenters. The number of methoxy groups -OCH3 is 2. The highest BCUT2D eigenvalue weighted by Gasteiger charge is 2.12. The third kappa shape index (κ3) is 4.40. The summed E-state index contributed by atoms with van der Waals surface area (Å²) in [6, 6.07) is 5.01. The molecule has 1 aromatic carbocycles. The normalized spacial score (nSPS) is 9.37. The third-order valence-electron chi connectivity index (χ3n) is 2.43. The Morgan fingerprint density at radius 1 is 1.42 bits per heavy atom. The van der Waals surface area contributed by atoms with Gasteiger partial charge in [0.1, 0.15) is 11.5 Å². The summed E-state index contributed by atoms with van der Waals surface area (Å²) in [4.78, 5) is 14.6. The summed E-state index contributed by atoms with van der Waals surface area (Å²) in [5, 5.41) is 6.11. The standard InChI is InChI=1S/C12H16N4O3/c1-18-9-4-5-11(19-2)10(8-9)12(17)14-6-3-7-15-16-13/h4-5,8H,3,6-7H2,1-2H3,(H,14,17). The number of rotatable bonds is 7. The molecule has 0 spiro atoms. The summed E-state index contributed by atoms with van der Waals surface area (Å²) in [6.45, 7) is 0.782. The second kappa shape index (κ2) is 7.84. The van der Waals surface area contributed by atoms with E-state index in [1.165, 1.54) is 14.2 Å². The molecule has 1 aromatic rings. The Bertz CT molecular complexity index is 484. The Hall–Kier alpha value is -2.40. The van der Waals surface area contributed by atoms with E-state index in [1.807, 2.05) is 0 Å². The first-order valence-corrected chi connectivity index (χ1v) is 5.74. The molecular formula is C12H16N4O3. The lowest BCUT2D eigenvalue weighted by Crippen LogP contribution is -2.25. The average molecular weight is 264 g/mol. The first kappa shape index (κ1) is 14.7. The lowest BCUT2D eigenvalue weighted by Gasteiger charge is -2.10. The Balaban J connectivity index is 2.66. The topological polar surface area (TPSA) is 96.3 Å². The summed E-state index contributed by atoms with van der Waals surface area (Å²) in [6.07, 6.45) is 0.585. The summed E-state index contributed by atoms with van der Waals surface area (Å²) in [7, 11) is 3.03. The van der Waals surface area contributed by atoms with Gasteiger partial charge in [-0.1, -0.05) is 5.11 Å². The van der Waals surface area contributed by atoms with Crippen LogP contribution in [0.3, 0.4) is 0 Å². The molecule has 1 rings (SSSR count). The number of nitrogens with zero attached hydrogens (tertiary/aromatic N) is 3. The van der Waals surface area contributed by atoms with Crippen molar-refractivity contribution in [1.29, 1.82) is 0 Å². The smallest absolute Gasteiger partial charge is 0.255 e. The van der Waals surface area contributed by atoms with Crippen molar-refractivity contribution in [3.05, 3.63) is 34.2 Å². The maximum atomic E-state index is 12.0. The van der Waals surface area contributed by atoms with Gasteiger partial charge in [0.2, 0.25) is 0 Å². The van der Waals surface area contributed by atoms with E-state index in [-0.39, 0.29) is 5.91 Å². The molecular weight excluding hydrogens is 248 g/mol. The van der Waals surface area contributed by atoms with Crippen molar-refractivity contribution in [2.75, 3.05) is 27.3 Å². The number of ether oxygens (including phenoxy) is 2. The molecule has 1 N–H and O–H groups in total. The molecule has 0 radical (unpaired) electrons. The van der Waals surface area contributed by atoms with Crippen molar-refractivity contribution in [3.63, 3.8) is 0 Å². The van der Waals surface area contributed by atoms with Gasteiger partial charge in [0.15, 0.2) is 0 Å². The van der Waals surface area contributed by atoms with Crippen LogP contribution in [0.25, 0.3) is 10.4 Å². The van der Waals surface area contributed by atoms with Crippen LogP contribution in [-0.2, 0) is 0 Å². The van der Waals surface area contributed by atoms with Crippen molar-refractivity contribution >= 4 is 5.91 Å². The maximum Gasteiger partial charge on any atom is 0.255 e. The monoisotopic (exact) mass is 264 g/mol. The number of amides is 1. The number of nitrogens with one attached hydrogen (secondary N) is 1. The van der Waals surface area contributed by atoms with Crippen LogP contribution in [0.1, 0.15) is 16.8 Å². The maximum absolute atomic E-state index is 12.0. The van der Waals surface area contributed by atoms with Gasteiger partial charge in [0.25, 0.3) is 5.91 Å². The molecule has 0 aromatic heterocycles. The van der Waals surface area contributed by atoms with Crippen molar-refractivity contribution in [2.24, 2.45) is 5.11 Å². The number of azide groups is 1. The Morgan fingerprint density at radius 3 is 2.84 bits per heavy atom. The van der Waals surface area contributed by atoms with E-state index in [9.17, 15) is 4.79 Å². The van der Waals surface area contributed by atoms with Crippen molar-refractivity contribution in [2.45, 2.75) is 6.42 Å². The van der Waals surface area contributed by atoms with Crippen LogP contribution < -0.4 is 14.8 Å². The van der Waals surface area contributed by atoms with E-state index in [1.54, 1.807) is 18.2 Å². The molecule has 0 saturated heterocycles. The van der Waals surface area contributed by atoms with Crippen LogP contribution >= 0.6 is 0 Å². The Labute approximate surface area is 111 Å². The van der Waals surface area contributed by atoms with Gasteiger partial charge in [0, 0.05) is 18.0 Å². The summed E-state index contributed by atoms with van der Waals surface area (Å²) in [5.74, 6) is 0.810. The van der Waals surface area contributed by atoms with Crippen LogP contribution in [0.4, 0.5) is 0 Å². The summed E-state index contributed by atoms with van der Waals surface area (Å²) < 4.78 is 10.2. The van der Waals surface area contributed by atoms with Gasteiger partial charge in [0.05, 0.1) is 19.8 Å². The number of carbonyl (C=O) groups is 1. The fourth-order valence-corrected chi connectivity index (χ4v) is 1.48. The molecule has 0 bridgehead atoms. The molecule has 1 amide bonds. The highest BCUT2D eigenvalue weighted by atomic mass is 16.5. The van der Waals surface area contributed by atoms with Crippen molar-refractivity contribution < 1.29 is 14.3 Å². The Kier molecular flexibility index (Phi) is 6.05. The lowest BCUT2D eigenvalue weighted by molar-refractivity contribution is 0.0950. The molecule has 7 heteroatoms. The fraction of sp³-hybridized carbons (Fsp3) is 0.417. The van der Waals surface area contributed by atoms with Crippen LogP contribution in [-0.4, -0.2) is 33.2 Å². The molecule has 0 saturated carbocycles. The van der Waals surface area contributed by atoms with Crippen LogP contribution in [0.2, 0.25) is 0 Å². The van der Waals surface area contributed by atoms with Gasteiger partial charge < -0.3 is 14.8 Å². The molecule has 0 aliphatic rings. The highest BCUT2D eigenvalue weighted by Crippen LogP contribution is 2.23. The van der Waals surface area contributed by atoms with Crippen molar-refractivity contribution in [3.8, 4) is 11.5 Å². The average Bonchev–Trinajstić information content (AvgIpc) is 2.46. The minimum Gasteiger partial charge on any atom is -0.497 e. The van der Waals surface area contributed by atoms with E-state index >= 15 is 0 Å².